The first kappa shape index (κ1) is 19.3. The highest BCUT2D eigenvalue weighted by molar-refractivity contribution is 8.13. The molecule has 7 heteroatoms. The van der Waals surface area contributed by atoms with Gasteiger partial charge in [0, 0.05) is 12.7 Å². The molecule has 0 heterocycles. The van der Waals surface area contributed by atoms with Crippen LogP contribution in [0.5, 0.6) is 0 Å². The average molecular weight is 322 g/mol. The van der Waals surface area contributed by atoms with E-state index in [9.17, 15) is 14.4 Å². The van der Waals surface area contributed by atoms with E-state index in [1.54, 1.807) is 13.8 Å². The number of hydrogen-bond donors (Lipinski definition) is 1. The Morgan fingerprint density at radius 1 is 1.10 bits per heavy atom. The Kier molecular flexibility index (Phi) is 10.6. The molecular weight excluding hydrogens is 300 g/mol. The number of carbonyl (C=O) groups excluding carboxylic acids is 3. The first-order valence-electron chi connectivity index (χ1n) is 6.55. The number of carbonyl (C=O) groups is 3. The third-order valence-corrected chi connectivity index (χ3v) is 3.90. The molecule has 20 heavy (non-hydrogen) atoms. The topological polar surface area (TPSA) is 69.7 Å². The fourth-order valence-electron chi connectivity index (χ4n) is 1.66. The van der Waals surface area contributed by atoms with Gasteiger partial charge in [0.25, 0.3) is 0 Å². The van der Waals surface area contributed by atoms with Gasteiger partial charge in [-0.25, -0.2) is 0 Å². The van der Waals surface area contributed by atoms with Crippen LogP contribution in [0.25, 0.3) is 0 Å². The van der Waals surface area contributed by atoms with Gasteiger partial charge in [-0.05, 0) is 31.9 Å². The number of hydrogen-bond acceptors (Lipinski definition) is 7. The summed E-state index contributed by atoms with van der Waals surface area (Å²) in [6, 6.07) is 0. The number of thioether (sulfide) groups is 1. The molecule has 0 aliphatic rings. The van der Waals surface area contributed by atoms with E-state index in [1.807, 2.05) is 0 Å². The number of esters is 2. The molecule has 0 rings (SSSR count). The van der Waals surface area contributed by atoms with E-state index in [0.29, 0.717) is 17.9 Å². The summed E-state index contributed by atoms with van der Waals surface area (Å²) in [5.41, 5.74) is 0. The van der Waals surface area contributed by atoms with Crippen molar-refractivity contribution in [3.05, 3.63) is 0 Å². The Bertz CT molecular complexity index is 315. The van der Waals surface area contributed by atoms with Gasteiger partial charge in [0.1, 0.15) is 0 Å². The van der Waals surface area contributed by atoms with Crippen LogP contribution in [0.4, 0.5) is 0 Å². The Hall–Kier alpha value is -0.690. The lowest BCUT2D eigenvalue weighted by Gasteiger charge is -2.22. The molecule has 0 aromatic carbocycles. The second-order valence-electron chi connectivity index (χ2n) is 4.05. The molecule has 0 radical (unpaired) electrons. The van der Waals surface area contributed by atoms with Crippen LogP contribution in [0.1, 0.15) is 27.2 Å². The maximum absolute atomic E-state index is 11.9. The predicted molar refractivity (Wildman–Crippen MR) is 81.9 cm³/mol. The van der Waals surface area contributed by atoms with E-state index < -0.39 is 17.9 Å². The van der Waals surface area contributed by atoms with Crippen molar-refractivity contribution in [2.24, 2.45) is 11.8 Å². The highest BCUT2D eigenvalue weighted by Crippen LogP contribution is 2.23. The van der Waals surface area contributed by atoms with E-state index in [4.69, 9.17) is 9.47 Å². The van der Waals surface area contributed by atoms with E-state index in [2.05, 4.69) is 12.6 Å². The van der Waals surface area contributed by atoms with E-state index in [1.165, 1.54) is 18.7 Å². The minimum atomic E-state index is -0.972. The molecule has 0 spiro atoms. The summed E-state index contributed by atoms with van der Waals surface area (Å²) in [6.45, 7) is 5.25. The predicted octanol–water partition coefficient (Wildman–Crippen LogP) is 1.94. The van der Waals surface area contributed by atoms with Crippen LogP contribution in [-0.4, -0.2) is 41.8 Å². The third kappa shape index (κ3) is 7.19. The molecule has 0 saturated heterocycles. The Labute approximate surface area is 129 Å². The number of ether oxygens (including phenoxy) is 2. The molecule has 0 bridgehead atoms. The SMILES string of the molecule is CCOC(=O)C(C(=O)OCC)C(CS)CCSC(C)=O. The lowest BCUT2D eigenvalue weighted by Crippen LogP contribution is -2.35. The molecule has 0 saturated carbocycles. The normalized spacial score (nSPS) is 12.1. The van der Waals surface area contributed by atoms with E-state index >= 15 is 0 Å². The van der Waals surface area contributed by atoms with Gasteiger partial charge in [-0.3, -0.25) is 14.4 Å². The van der Waals surface area contributed by atoms with Gasteiger partial charge >= 0.3 is 11.9 Å². The van der Waals surface area contributed by atoms with Gasteiger partial charge in [0.2, 0.25) is 0 Å². The molecule has 0 aliphatic carbocycles. The van der Waals surface area contributed by atoms with E-state index in [-0.39, 0.29) is 24.2 Å². The molecule has 0 aromatic heterocycles. The smallest absolute Gasteiger partial charge is 0.320 e. The van der Waals surface area contributed by atoms with Crippen molar-refractivity contribution in [3.8, 4) is 0 Å². The molecule has 116 valence electrons. The number of thiol groups is 1. The van der Waals surface area contributed by atoms with Gasteiger partial charge in [0.15, 0.2) is 11.0 Å². The van der Waals surface area contributed by atoms with Crippen molar-refractivity contribution in [3.63, 3.8) is 0 Å². The molecule has 1 unspecified atom stereocenters. The Morgan fingerprint density at radius 3 is 1.95 bits per heavy atom. The molecule has 0 aliphatic heterocycles. The van der Waals surface area contributed by atoms with Gasteiger partial charge in [-0.15, -0.1) is 0 Å². The van der Waals surface area contributed by atoms with Crippen molar-refractivity contribution in [2.75, 3.05) is 24.7 Å². The van der Waals surface area contributed by atoms with Crippen LogP contribution in [0.3, 0.4) is 0 Å². The zero-order valence-electron chi connectivity index (χ0n) is 12.1. The van der Waals surface area contributed by atoms with Gasteiger partial charge in [-0.1, -0.05) is 11.8 Å². The van der Waals surface area contributed by atoms with Crippen LogP contribution in [0.2, 0.25) is 0 Å². The van der Waals surface area contributed by atoms with Gasteiger partial charge in [-0.2, -0.15) is 12.6 Å². The largest absolute Gasteiger partial charge is 0.465 e. The second kappa shape index (κ2) is 11.0. The average Bonchev–Trinajstić information content (AvgIpc) is 2.37. The van der Waals surface area contributed by atoms with Crippen LogP contribution in [0.15, 0.2) is 0 Å². The lowest BCUT2D eigenvalue weighted by atomic mass is 9.91. The monoisotopic (exact) mass is 322 g/mol. The minimum Gasteiger partial charge on any atom is -0.465 e. The summed E-state index contributed by atoms with van der Waals surface area (Å²) < 4.78 is 9.87. The van der Waals surface area contributed by atoms with Crippen molar-refractivity contribution in [1.82, 2.24) is 0 Å². The van der Waals surface area contributed by atoms with Crippen LogP contribution >= 0.6 is 24.4 Å². The molecule has 0 amide bonds. The molecule has 1 atom stereocenters. The lowest BCUT2D eigenvalue weighted by molar-refractivity contribution is -0.164. The fourth-order valence-corrected chi connectivity index (χ4v) is 2.76. The molecule has 5 nitrogen and oxygen atoms in total. The number of rotatable bonds is 9. The van der Waals surface area contributed by atoms with Crippen molar-refractivity contribution >= 4 is 41.4 Å². The molecule has 0 N–H and O–H groups in total. The van der Waals surface area contributed by atoms with Gasteiger partial charge in [0.05, 0.1) is 13.2 Å². The maximum atomic E-state index is 11.9. The zero-order valence-corrected chi connectivity index (χ0v) is 13.8. The minimum absolute atomic E-state index is 0.00623. The highest BCUT2D eigenvalue weighted by Gasteiger charge is 2.36. The highest BCUT2D eigenvalue weighted by atomic mass is 32.2. The zero-order chi connectivity index (χ0) is 15.5. The summed E-state index contributed by atoms with van der Waals surface area (Å²) >= 11 is 5.36. The Balaban J connectivity index is 4.79. The summed E-state index contributed by atoms with van der Waals surface area (Å²) in [4.78, 5) is 34.8. The summed E-state index contributed by atoms with van der Waals surface area (Å²) in [7, 11) is 0. The molecule has 0 fully saturated rings. The summed E-state index contributed by atoms with van der Waals surface area (Å²) in [6.07, 6.45) is 0.524. The first-order chi connectivity index (χ1) is 9.47. The Morgan fingerprint density at radius 2 is 1.60 bits per heavy atom. The first-order valence-corrected chi connectivity index (χ1v) is 8.17. The third-order valence-electron chi connectivity index (χ3n) is 2.58. The summed E-state index contributed by atoms with van der Waals surface area (Å²) in [5.74, 6) is -1.56. The molecule has 0 aromatic rings. The van der Waals surface area contributed by atoms with Gasteiger partial charge < -0.3 is 9.47 Å². The van der Waals surface area contributed by atoms with E-state index in [0.717, 1.165) is 0 Å². The standard InChI is InChI=1S/C13H22O5S2/c1-4-17-12(15)11(13(16)18-5-2)10(8-19)6-7-20-9(3)14/h10-11,19H,4-8H2,1-3H3. The van der Waals surface area contributed by atoms with Crippen molar-refractivity contribution in [1.29, 1.82) is 0 Å². The maximum Gasteiger partial charge on any atom is 0.320 e. The van der Waals surface area contributed by atoms with Crippen molar-refractivity contribution in [2.45, 2.75) is 27.2 Å². The van der Waals surface area contributed by atoms with Crippen LogP contribution < -0.4 is 0 Å². The fraction of sp³-hybridized carbons (Fsp3) is 0.769. The van der Waals surface area contributed by atoms with Crippen LogP contribution in [0, 0.1) is 11.8 Å². The summed E-state index contributed by atoms with van der Waals surface area (Å²) in [5, 5.41) is 0.00623. The molecular formula is C13H22O5S2. The van der Waals surface area contributed by atoms with Crippen LogP contribution in [-0.2, 0) is 23.9 Å². The second-order valence-corrected chi connectivity index (χ2v) is 5.69. The quantitative estimate of drug-likeness (QED) is 0.397. The van der Waals surface area contributed by atoms with Crippen molar-refractivity contribution < 1.29 is 23.9 Å².